The van der Waals surface area contributed by atoms with Gasteiger partial charge < -0.3 is 9.64 Å². The predicted molar refractivity (Wildman–Crippen MR) is 123 cm³/mol. The molecule has 0 bridgehead atoms. The molecule has 0 N–H and O–H groups in total. The summed E-state index contributed by atoms with van der Waals surface area (Å²) in [7, 11) is 0. The first-order chi connectivity index (χ1) is 15.8. The van der Waals surface area contributed by atoms with E-state index in [1.165, 1.54) is 19.1 Å². The van der Waals surface area contributed by atoms with Crippen LogP contribution in [0.2, 0.25) is 0 Å². The third kappa shape index (κ3) is 3.10. The fourth-order valence-electron chi connectivity index (χ4n) is 5.37. The number of anilines is 2. The predicted octanol–water partition coefficient (Wildman–Crippen LogP) is 3.15. The third-order valence-corrected chi connectivity index (χ3v) is 6.71. The van der Waals surface area contributed by atoms with Gasteiger partial charge in [0.25, 0.3) is 0 Å². The topological polar surface area (TPSA) is 84.0 Å². The van der Waals surface area contributed by atoms with Gasteiger partial charge in [-0.15, -0.1) is 0 Å². The second kappa shape index (κ2) is 7.69. The summed E-state index contributed by atoms with van der Waals surface area (Å²) in [6.07, 6.45) is 3.90. The van der Waals surface area contributed by atoms with E-state index in [-0.39, 0.29) is 30.2 Å². The molecule has 7 heteroatoms. The third-order valence-electron chi connectivity index (χ3n) is 6.71. The first kappa shape index (κ1) is 21.1. The summed E-state index contributed by atoms with van der Waals surface area (Å²) >= 11 is 0. The Morgan fingerprint density at radius 3 is 2.36 bits per heavy atom. The molecule has 3 aliphatic rings. The minimum atomic E-state index is -0.762. The number of aryl methyl sites for hydroxylation is 1. The lowest BCUT2D eigenvalue weighted by Crippen LogP contribution is -2.48. The number of ketones is 1. The largest absolute Gasteiger partial charge is 0.462 e. The molecule has 0 radical (unpaired) electrons. The molecule has 3 heterocycles. The lowest BCUT2D eigenvalue weighted by molar-refractivity contribution is -0.126. The van der Waals surface area contributed by atoms with Gasteiger partial charge in [0.15, 0.2) is 5.78 Å². The summed E-state index contributed by atoms with van der Waals surface area (Å²) < 4.78 is 4.99. The van der Waals surface area contributed by atoms with E-state index in [9.17, 15) is 19.2 Å². The normalized spacial score (nSPS) is 25.1. The van der Waals surface area contributed by atoms with E-state index in [1.807, 2.05) is 42.2 Å². The Balaban J connectivity index is 1.52. The van der Waals surface area contributed by atoms with Crippen LogP contribution in [0.3, 0.4) is 0 Å². The number of ether oxygens (including phenoxy) is 1. The van der Waals surface area contributed by atoms with Gasteiger partial charge in [-0.3, -0.25) is 14.4 Å². The van der Waals surface area contributed by atoms with E-state index < -0.39 is 23.8 Å². The second-order valence-electron chi connectivity index (χ2n) is 8.71. The van der Waals surface area contributed by atoms with Crippen LogP contribution in [0.4, 0.5) is 11.4 Å². The SMILES string of the molecule is CCOC(=O)c1ccc(N2C(=O)[C@@H]3[C@H](C2=O)[C@@H]2C=Cc4cc(C)ccc4N2[C@@H]3C(C)=O)cc1. The van der Waals surface area contributed by atoms with Gasteiger partial charge in [-0.25, -0.2) is 9.69 Å². The lowest BCUT2D eigenvalue weighted by Gasteiger charge is -2.36. The summed E-state index contributed by atoms with van der Waals surface area (Å²) in [6.45, 7) is 5.46. The van der Waals surface area contributed by atoms with Crippen molar-refractivity contribution in [3.63, 3.8) is 0 Å². The molecule has 0 unspecified atom stereocenters. The van der Waals surface area contributed by atoms with Gasteiger partial charge in [0, 0.05) is 5.69 Å². The maximum absolute atomic E-state index is 13.6. The Hall–Kier alpha value is -3.74. The number of benzene rings is 2. The highest BCUT2D eigenvalue weighted by molar-refractivity contribution is 6.24. The number of esters is 1. The van der Waals surface area contributed by atoms with Crippen molar-refractivity contribution in [1.82, 2.24) is 0 Å². The molecule has 0 saturated carbocycles. The molecule has 3 aliphatic heterocycles. The summed E-state index contributed by atoms with van der Waals surface area (Å²) in [5, 5.41) is 0. The van der Waals surface area contributed by atoms with Crippen LogP contribution in [0.5, 0.6) is 0 Å². The molecule has 0 aliphatic carbocycles. The number of amides is 2. The van der Waals surface area contributed by atoms with Crippen LogP contribution >= 0.6 is 0 Å². The Labute approximate surface area is 191 Å². The van der Waals surface area contributed by atoms with Gasteiger partial charge in [0.1, 0.15) is 6.04 Å². The number of rotatable bonds is 4. The smallest absolute Gasteiger partial charge is 0.338 e. The van der Waals surface area contributed by atoms with Crippen LogP contribution in [0.1, 0.15) is 35.3 Å². The minimum absolute atomic E-state index is 0.144. The van der Waals surface area contributed by atoms with Crippen molar-refractivity contribution in [1.29, 1.82) is 0 Å². The van der Waals surface area contributed by atoms with Crippen LogP contribution in [0, 0.1) is 18.8 Å². The molecule has 4 atom stereocenters. The van der Waals surface area contributed by atoms with E-state index >= 15 is 0 Å². The number of carbonyl (C=O) groups is 4. The summed E-state index contributed by atoms with van der Waals surface area (Å²) in [5.74, 6) is -2.73. The number of carbonyl (C=O) groups excluding carboxylic acids is 4. The van der Waals surface area contributed by atoms with E-state index in [0.29, 0.717) is 11.3 Å². The molecule has 2 saturated heterocycles. The van der Waals surface area contributed by atoms with E-state index in [1.54, 1.807) is 19.1 Å². The molecule has 0 aromatic heterocycles. The Kier molecular flexibility index (Phi) is 4.92. The van der Waals surface area contributed by atoms with E-state index in [0.717, 1.165) is 21.7 Å². The van der Waals surface area contributed by atoms with Gasteiger partial charge in [-0.05, 0) is 62.7 Å². The molecule has 2 fully saturated rings. The van der Waals surface area contributed by atoms with Crippen LogP contribution < -0.4 is 9.80 Å². The van der Waals surface area contributed by atoms with E-state index in [4.69, 9.17) is 4.74 Å². The Morgan fingerprint density at radius 1 is 1.00 bits per heavy atom. The lowest BCUT2D eigenvalue weighted by atomic mass is 9.88. The molecular formula is C26H24N2O5. The first-order valence-corrected chi connectivity index (χ1v) is 11.1. The van der Waals surface area contributed by atoms with Crippen molar-refractivity contribution < 1.29 is 23.9 Å². The van der Waals surface area contributed by atoms with E-state index in [2.05, 4.69) is 0 Å². The summed E-state index contributed by atoms with van der Waals surface area (Å²) in [5.41, 5.74) is 3.67. The summed E-state index contributed by atoms with van der Waals surface area (Å²) in [4.78, 5) is 55.0. The van der Waals surface area contributed by atoms with Crippen LogP contribution in [0.25, 0.3) is 6.08 Å². The molecule has 2 aromatic rings. The highest BCUT2D eigenvalue weighted by Crippen LogP contribution is 2.49. The number of hydrogen-bond acceptors (Lipinski definition) is 6. The average molecular weight is 444 g/mol. The minimum Gasteiger partial charge on any atom is -0.462 e. The van der Waals surface area contributed by atoms with Crippen molar-refractivity contribution in [3.05, 3.63) is 65.2 Å². The number of imide groups is 1. The van der Waals surface area contributed by atoms with Crippen LogP contribution in [0.15, 0.2) is 48.5 Å². The molecule has 5 rings (SSSR count). The number of nitrogens with zero attached hydrogens (tertiary/aromatic N) is 2. The zero-order chi connectivity index (χ0) is 23.4. The number of hydrogen-bond donors (Lipinski definition) is 0. The van der Waals surface area contributed by atoms with Gasteiger partial charge in [-0.1, -0.05) is 23.8 Å². The van der Waals surface area contributed by atoms with Crippen LogP contribution in [-0.2, 0) is 19.1 Å². The van der Waals surface area contributed by atoms with Crippen molar-refractivity contribution in [3.8, 4) is 0 Å². The van der Waals surface area contributed by atoms with Crippen LogP contribution in [-0.4, -0.2) is 42.3 Å². The van der Waals surface area contributed by atoms with Gasteiger partial charge >= 0.3 is 5.97 Å². The fourth-order valence-corrected chi connectivity index (χ4v) is 5.37. The van der Waals surface area contributed by atoms with Crippen molar-refractivity contribution in [2.45, 2.75) is 32.9 Å². The van der Waals surface area contributed by atoms with Crippen molar-refractivity contribution >= 4 is 41.0 Å². The molecular weight excluding hydrogens is 420 g/mol. The quantitative estimate of drug-likeness (QED) is 0.532. The second-order valence-corrected chi connectivity index (χ2v) is 8.71. The zero-order valence-corrected chi connectivity index (χ0v) is 18.6. The Morgan fingerprint density at radius 2 is 1.70 bits per heavy atom. The molecule has 33 heavy (non-hydrogen) atoms. The average Bonchev–Trinajstić information content (AvgIpc) is 3.27. The molecule has 7 nitrogen and oxygen atoms in total. The highest BCUT2D eigenvalue weighted by atomic mass is 16.5. The first-order valence-electron chi connectivity index (χ1n) is 11.1. The standard InChI is InChI=1S/C26H24N2O5/c1-4-33-26(32)16-6-9-18(10-7-16)27-24(30)21-20-12-8-17-13-14(2)5-11-19(17)28(20)23(15(3)29)22(21)25(27)31/h5-13,20-23H,4H2,1-3H3/t20-,21+,22+,23+/m0/s1. The maximum Gasteiger partial charge on any atom is 0.338 e. The fraction of sp³-hybridized carbons (Fsp3) is 0.308. The highest BCUT2D eigenvalue weighted by Gasteiger charge is 2.63. The van der Waals surface area contributed by atoms with Crippen molar-refractivity contribution in [2.75, 3.05) is 16.4 Å². The number of fused-ring (bicyclic) bond motifs is 5. The van der Waals surface area contributed by atoms with Gasteiger partial charge in [0.05, 0.1) is 35.7 Å². The maximum atomic E-state index is 13.6. The molecule has 2 aromatic carbocycles. The number of Topliss-reactive ketones (excluding diaryl/α,β-unsaturated/α-hetero) is 1. The van der Waals surface area contributed by atoms with Crippen molar-refractivity contribution in [2.24, 2.45) is 11.8 Å². The monoisotopic (exact) mass is 444 g/mol. The molecule has 168 valence electrons. The van der Waals surface area contributed by atoms with Gasteiger partial charge in [-0.2, -0.15) is 0 Å². The molecule has 0 spiro atoms. The van der Waals surface area contributed by atoms with Gasteiger partial charge in [0.2, 0.25) is 11.8 Å². The zero-order valence-electron chi connectivity index (χ0n) is 18.6. The Bertz CT molecular complexity index is 1220. The molecule has 2 amide bonds. The summed E-state index contributed by atoms with van der Waals surface area (Å²) in [6, 6.07) is 11.1.